The number of rotatable bonds is 6. The molecule has 1 aromatic carbocycles. The highest BCUT2D eigenvalue weighted by Crippen LogP contribution is 2.19. The molecular weight excluding hydrogens is 304 g/mol. The highest BCUT2D eigenvalue weighted by atomic mass is 16.5. The first kappa shape index (κ1) is 16.5. The number of aryl methyl sites for hydroxylation is 1. The van der Waals surface area contributed by atoms with E-state index in [0.717, 1.165) is 17.7 Å². The van der Waals surface area contributed by atoms with Crippen molar-refractivity contribution in [3.63, 3.8) is 0 Å². The van der Waals surface area contributed by atoms with E-state index in [1.54, 1.807) is 12.4 Å². The summed E-state index contributed by atoms with van der Waals surface area (Å²) < 4.78 is 11.2. The summed E-state index contributed by atoms with van der Waals surface area (Å²) in [4.78, 5) is 16.2. The van der Waals surface area contributed by atoms with Crippen molar-refractivity contribution in [1.82, 2.24) is 10.3 Å². The van der Waals surface area contributed by atoms with Gasteiger partial charge >= 0.3 is 0 Å². The van der Waals surface area contributed by atoms with E-state index in [4.69, 9.17) is 9.47 Å². The number of hydrogen-bond donors (Lipinski definition) is 1. The number of para-hydroxylation sites is 1. The number of pyridine rings is 1. The Bertz CT molecular complexity index is 675. The summed E-state index contributed by atoms with van der Waals surface area (Å²) in [5, 5.41) is 3.03. The van der Waals surface area contributed by atoms with Crippen LogP contribution in [-0.4, -0.2) is 36.8 Å². The van der Waals surface area contributed by atoms with Crippen molar-refractivity contribution in [2.45, 2.75) is 19.4 Å². The Labute approximate surface area is 142 Å². The highest BCUT2D eigenvalue weighted by molar-refractivity contribution is 5.78. The average molecular weight is 326 g/mol. The number of carbonyl (C=O) groups is 1. The van der Waals surface area contributed by atoms with E-state index in [0.29, 0.717) is 13.2 Å². The molecule has 1 N–H and O–H groups in total. The molecule has 1 saturated heterocycles. The third-order valence-corrected chi connectivity index (χ3v) is 4.24. The monoisotopic (exact) mass is 326 g/mol. The van der Waals surface area contributed by atoms with Gasteiger partial charge in [-0.1, -0.05) is 18.2 Å². The van der Waals surface area contributed by atoms with Crippen molar-refractivity contribution >= 4 is 5.91 Å². The van der Waals surface area contributed by atoms with Gasteiger partial charge in [0.2, 0.25) is 0 Å². The minimum atomic E-state index is -0.117. The number of aromatic nitrogens is 1. The van der Waals surface area contributed by atoms with Gasteiger partial charge in [-0.3, -0.25) is 9.78 Å². The van der Waals surface area contributed by atoms with E-state index in [1.807, 2.05) is 43.3 Å². The number of amides is 1. The highest BCUT2D eigenvalue weighted by Gasteiger charge is 2.29. The number of hydrogen-bond acceptors (Lipinski definition) is 4. The van der Waals surface area contributed by atoms with Crippen LogP contribution in [0.25, 0.3) is 0 Å². The topological polar surface area (TPSA) is 60.5 Å². The first-order valence-electron chi connectivity index (χ1n) is 8.17. The lowest BCUT2D eigenvalue weighted by Gasteiger charge is -2.19. The smallest absolute Gasteiger partial charge is 0.258 e. The average Bonchev–Trinajstić information content (AvgIpc) is 3.02. The van der Waals surface area contributed by atoms with Gasteiger partial charge in [0, 0.05) is 18.3 Å². The minimum absolute atomic E-state index is 0.0172. The second-order valence-corrected chi connectivity index (χ2v) is 6.09. The number of nitrogens with zero attached hydrogens (tertiary/aromatic N) is 1. The van der Waals surface area contributed by atoms with Gasteiger partial charge in [0.1, 0.15) is 5.75 Å². The Morgan fingerprint density at radius 1 is 1.25 bits per heavy atom. The summed E-state index contributed by atoms with van der Waals surface area (Å²) in [5.41, 5.74) is 2.22. The van der Waals surface area contributed by atoms with Crippen LogP contribution in [0.5, 0.6) is 5.75 Å². The molecule has 1 aliphatic heterocycles. The third kappa shape index (κ3) is 4.32. The summed E-state index contributed by atoms with van der Waals surface area (Å²) in [6.45, 7) is 3.18. The van der Waals surface area contributed by atoms with Crippen LogP contribution in [0.15, 0.2) is 48.8 Å². The molecule has 1 fully saturated rings. The molecule has 2 aromatic rings. The third-order valence-electron chi connectivity index (χ3n) is 4.24. The van der Waals surface area contributed by atoms with Crippen molar-refractivity contribution in [3.8, 4) is 5.75 Å². The molecule has 1 aromatic heterocycles. The van der Waals surface area contributed by atoms with Crippen molar-refractivity contribution in [1.29, 1.82) is 0 Å². The number of benzene rings is 1. The van der Waals surface area contributed by atoms with Crippen LogP contribution in [0.3, 0.4) is 0 Å². The molecule has 24 heavy (non-hydrogen) atoms. The SMILES string of the molecule is Cc1ccccc1OCC(=O)NC1COCC1Cc1ccncc1. The van der Waals surface area contributed by atoms with Gasteiger partial charge < -0.3 is 14.8 Å². The first-order valence-corrected chi connectivity index (χ1v) is 8.17. The maximum atomic E-state index is 12.2. The molecule has 2 atom stereocenters. The maximum Gasteiger partial charge on any atom is 0.258 e. The van der Waals surface area contributed by atoms with E-state index < -0.39 is 0 Å². The van der Waals surface area contributed by atoms with Crippen molar-refractivity contribution in [2.24, 2.45) is 5.92 Å². The fraction of sp³-hybridized carbons (Fsp3) is 0.368. The summed E-state index contributed by atoms with van der Waals surface area (Å²) in [6.07, 6.45) is 4.44. The lowest BCUT2D eigenvalue weighted by atomic mass is 9.95. The van der Waals surface area contributed by atoms with Crippen molar-refractivity contribution < 1.29 is 14.3 Å². The molecule has 5 nitrogen and oxygen atoms in total. The fourth-order valence-corrected chi connectivity index (χ4v) is 2.89. The quantitative estimate of drug-likeness (QED) is 0.883. The molecule has 0 spiro atoms. The first-order chi connectivity index (χ1) is 11.7. The molecule has 0 bridgehead atoms. The van der Waals surface area contributed by atoms with Crippen LogP contribution in [0, 0.1) is 12.8 Å². The summed E-state index contributed by atoms with van der Waals surface area (Å²) >= 11 is 0. The molecule has 0 saturated carbocycles. The summed E-state index contributed by atoms with van der Waals surface area (Å²) in [6, 6.07) is 11.7. The molecule has 0 aliphatic carbocycles. The Hall–Kier alpha value is -2.40. The van der Waals surface area contributed by atoms with Gasteiger partial charge in [-0.2, -0.15) is 0 Å². The zero-order valence-corrected chi connectivity index (χ0v) is 13.8. The molecule has 126 valence electrons. The molecule has 3 rings (SSSR count). The lowest BCUT2D eigenvalue weighted by molar-refractivity contribution is -0.124. The van der Waals surface area contributed by atoms with E-state index in [9.17, 15) is 4.79 Å². The van der Waals surface area contributed by atoms with E-state index in [1.165, 1.54) is 5.56 Å². The van der Waals surface area contributed by atoms with Crippen LogP contribution >= 0.6 is 0 Å². The fourth-order valence-electron chi connectivity index (χ4n) is 2.89. The van der Waals surface area contributed by atoms with E-state index >= 15 is 0 Å². The van der Waals surface area contributed by atoms with Gasteiger partial charge in [-0.05, 0) is 42.7 Å². The molecule has 2 heterocycles. The molecule has 1 amide bonds. The zero-order chi connectivity index (χ0) is 16.8. The number of carbonyl (C=O) groups excluding carboxylic acids is 1. The summed E-state index contributed by atoms with van der Waals surface area (Å²) in [7, 11) is 0. The van der Waals surface area contributed by atoms with Gasteiger partial charge in [-0.25, -0.2) is 0 Å². The normalized spacial score (nSPS) is 19.9. The van der Waals surface area contributed by atoms with Crippen molar-refractivity contribution in [2.75, 3.05) is 19.8 Å². The largest absolute Gasteiger partial charge is 0.484 e. The molecule has 1 aliphatic rings. The van der Waals surface area contributed by atoms with Gasteiger partial charge in [-0.15, -0.1) is 0 Å². The minimum Gasteiger partial charge on any atom is -0.484 e. The molecule has 0 radical (unpaired) electrons. The molecular formula is C19H22N2O3. The molecule has 2 unspecified atom stereocenters. The van der Waals surface area contributed by atoms with Gasteiger partial charge in [0.15, 0.2) is 6.61 Å². The predicted molar refractivity (Wildman–Crippen MR) is 90.9 cm³/mol. The Balaban J connectivity index is 1.51. The van der Waals surface area contributed by atoms with Crippen LogP contribution in [0.1, 0.15) is 11.1 Å². The van der Waals surface area contributed by atoms with Gasteiger partial charge in [0.05, 0.1) is 19.3 Å². The maximum absolute atomic E-state index is 12.2. The zero-order valence-electron chi connectivity index (χ0n) is 13.8. The van der Waals surface area contributed by atoms with Crippen LogP contribution in [0.4, 0.5) is 0 Å². The van der Waals surface area contributed by atoms with Crippen LogP contribution < -0.4 is 10.1 Å². The van der Waals surface area contributed by atoms with E-state index in [2.05, 4.69) is 10.3 Å². The van der Waals surface area contributed by atoms with Crippen LogP contribution in [-0.2, 0) is 16.0 Å². The predicted octanol–water partition coefficient (Wildman–Crippen LogP) is 2.14. The molecule has 5 heteroatoms. The van der Waals surface area contributed by atoms with Crippen molar-refractivity contribution in [3.05, 3.63) is 59.9 Å². The second kappa shape index (κ2) is 7.93. The Morgan fingerprint density at radius 3 is 2.83 bits per heavy atom. The second-order valence-electron chi connectivity index (χ2n) is 6.09. The van der Waals surface area contributed by atoms with Gasteiger partial charge in [0.25, 0.3) is 5.91 Å². The Kier molecular flexibility index (Phi) is 5.43. The van der Waals surface area contributed by atoms with E-state index in [-0.39, 0.29) is 24.5 Å². The summed E-state index contributed by atoms with van der Waals surface area (Å²) in [5.74, 6) is 0.895. The lowest BCUT2D eigenvalue weighted by Crippen LogP contribution is -2.42. The number of nitrogens with one attached hydrogen (secondary N) is 1. The number of ether oxygens (including phenoxy) is 2. The Morgan fingerprint density at radius 2 is 2.04 bits per heavy atom. The van der Waals surface area contributed by atoms with Crippen LogP contribution in [0.2, 0.25) is 0 Å². The standard InChI is InChI=1S/C19H22N2O3/c1-14-4-2-3-5-18(14)24-13-19(22)21-17-12-23-11-16(17)10-15-6-8-20-9-7-15/h2-9,16-17H,10-13H2,1H3,(H,21,22).